The Labute approximate surface area is 204 Å². The molecule has 4 rings (SSSR count). The van der Waals surface area contributed by atoms with E-state index in [9.17, 15) is 27.2 Å². The van der Waals surface area contributed by atoms with Crippen LogP contribution in [0.2, 0.25) is 0 Å². The largest absolute Gasteiger partial charge is 0.497 e. The van der Waals surface area contributed by atoms with Gasteiger partial charge in [-0.3, -0.25) is 9.59 Å². The molecule has 0 spiro atoms. The highest BCUT2D eigenvalue weighted by Crippen LogP contribution is 2.42. The number of amides is 1. The van der Waals surface area contributed by atoms with Crippen LogP contribution in [0, 0.1) is 11.7 Å². The molecular weight excluding hydrogens is 478 g/mol. The normalized spacial score (nSPS) is 14.9. The summed E-state index contributed by atoms with van der Waals surface area (Å²) in [5.41, 5.74) is -1.77. The summed E-state index contributed by atoms with van der Waals surface area (Å²) >= 11 is 0. The van der Waals surface area contributed by atoms with Gasteiger partial charge < -0.3 is 15.0 Å². The van der Waals surface area contributed by atoms with Crippen molar-refractivity contribution in [2.75, 3.05) is 7.11 Å². The number of rotatable bonds is 7. The van der Waals surface area contributed by atoms with Crippen molar-refractivity contribution in [3.63, 3.8) is 0 Å². The summed E-state index contributed by atoms with van der Waals surface area (Å²) in [5.74, 6) is -1.21. The zero-order chi connectivity index (χ0) is 26.3. The Morgan fingerprint density at radius 3 is 2.33 bits per heavy atom. The quantitative estimate of drug-likeness (QED) is 0.437. The Morgan fingerprint density at radius 2 is 1.78 bits per heavy atom. The number of carbonyl (C=O) groups is 1. The Morgan fingerprint density at radius 1 is 1.11 bits per heavy atom. The van der Waals surface area contributed by atoms with E-state index < -0.39 is 40.5 Å². The smallest absolute Gasteiger partial charge is 0.419 e. The molecule has 1 amide bonds. The van der Waals surface area contributed by atoms with Gasteiger partial charge >= 0.3 is 6.18 Å². The van der Waals surface area contributed by atoms with Gasteiger partial charge in [-0.25, -0.2) is 9.37 Å². The average molecular weight is 503 g/mol. The third-order valence-corrected chi connectivity index (χ3v) is 6.42. The summed E-state index contributed by atoms with van der Waals surface area (Å²) in [6.45, 7) is 3.68. The molecule has 2 N–H and O–H groups in total. The number of hydrogen-bond donors (Lipinski definition) is 2. The molecule has 1 heterocycles. The summed E-state index contributed by atoms with van der Waals surface area (Å²) in [6, 6.07) is 10.2. The zero-order valence-electron chi connectivity index (χ0n) is 19.9. The van der Waals surface area contributed by atoms with Gasteiger partial charge in [0, 0.05) is 11.5 Å². The monoisotopic (exact) mass is 503 g/mol. The van der Waals surface area contributed by atoms with E-state index in [1.807, 2.05) is 26.0 Å². The lowest BCUT2D eigenvalue weighted by Gasteiger charge is -2.25. The summed E-state index contributed by atoms with van der Waals surface area (Å²) in [7, 11) is 1.55. The van der Waals surface area contributed by atoms with Crippen LogP contribution in [0.3, 0.4) is 0 Å². The molecule has 190 valence electrons. The number of hydrogen-bond acceptors (Lipinski definition) is 4. The number of aromatic amines is 1. The fraction of sp³-hybridized carbons (Fsp3) is 0.346. The van der Waals surface area contributed by atoms with Crippen LogP contribution < -0.4 is 15.6 Å². The van der Waals surface area contributed by atoms with Crippen molar-refractivity contribution >= 4 is 5.91 Å². The molecule has 2 aromatic carbocycles. The third-order valence-electron chi connectivity index (χ3n) is 6.42. The van der Waals surface area contributed by atoms with E-state index in [0.29, 0.717) is 11.8 Å². The molecule has 1 aliphatic carbocycles. The first-order chi connectivity index (χ1) is 16.9. The van der Waals surface area contributed by atoms with Crippen LogP contribution in [-0.2, 0) is 11.6 Å². The van der Waals surface area contributed by atoms with Gasteiger partial charge in [0.1, 0.15) is 23.1 Å². The van der Waals surface area contributed by atoms with Gasteiger partial charge in [-0.15, -0.1) is 0 Å². The maximum absolute atomic E-state index is 14.2. The van der Waals surface area contributed by atoms with Crippen LogP contribution in [0.15, 0.2) is 53.3 Å². The van der Waals surface area contributed by atoms with Gasteiger partial charge in [0.25, 0.3) is 11.5 Å². The molecule has 1 saturated carbocycles. The first-order valence-electron chi connectivity index (χ1n) is 11.3. The first kappa shape index (κ1) is 25.4. The van der Waals surface area contributed by atoms with E-state index in [1.165, 1.54) is 6.07 Å². The molecule has 1 aliphatic rings. The van der Waals surface area contributed by atoms with Crippen LogP contribution in [0.25, 0.3) is 0 Å². The van der Waals surface area contributed by atoms with Gasteiger partial charge in [0.05, 0.1) is 18.7 Å². The number of H-pyrrole nitrogens is 1. The molecule has 36 heavy (non-hydrogen) atoms. The van der Waals surface area contributed by atoms with E-state index in [4.69, 9.17) is 4.74 Å². The van der Waals surface area contributed by atoms with E-state index in [0.717, 1.165) is 30.5 Å². The van der Waals surface area contributed by atoms with Crippen molar-refractivity contribution in [3.05, 3.63) is 92.9 Å². The Balaban J connectivity index is 1.62. The molecule has 1 atom stereocenters. The average Bonchev–Trinajstić information content (AvgIpc) is 3.66. The summed E-state index contributed by atoms with van der Waals surface area (Å²) < 4.78 is 58.3. The van der Waals surface area contributed by atoms with Crippen molar-refractivity contribution in [3.8, 4) is 5.75 Å². The molecule has 10 heteroatoms. The summed E-state index contributed by atoms with van der Waals surface area (Å²) in [5, 5.41) is 2.74. The van der Waals surface area contributed by atoms with Crippen LogP contribution in [-0.4, -0.2) is 23.0 Å². The summed E-state index contributed by atoms with van der Waals surface area (Å²) in [6.07, 6.45) is -3.36. The maximum atomic E-state index is 14.2. The number of alkyl halides is 3. The second-order valence-corrected chi connectivity index (χ2v) is 9.36. The Kier molecular flexibility index (Phi) is 6.64. The van der Waals surface area contributed by atoms with Gasteiger partial charge in [-0.1, -0.05) is 18.2 Å². The maximum Gasteiger partial charge on any atom is 0.419 e. The summed E-state index contributed by atoms with van der Waals surface area (Å²) in [4.78, 5) is 32.6. The van der Waals surface area contributed by atoms with Gasteiger partial charge in [0.15, 0.2) is 0 Å². The number of ether oxygens (including phenoxy) is 1. The van der Waals surface area contributed by atoms with Crippen molar-refractivity contribution < 1.29 is 27.1 Å². The first-order valence-corrected chi connectivity index (χ1v) is 11.3. The number of benzene rings is 2. The van der Waals surface area contributed by atoms with Crippen molar-refractivity contribution in [1.29, 1.82) is 0 Å². The fourth-order valence-corrected chi connectivity index (χ4v) is 4.09. The molecule has 1 aromatic heterocycles. The lowest BCUT2D eigenvalue weighted by Crippen LogP contribution is -2.34. The number of halogens is 4. The molecule has 0 bridgehead atoms. The highest BCUT2D eigenvalue weighted by molar-refractivity contribution is 5.92. The van der Waals surface area contributed by atoms with Crippen molar-refractivity contribution in [2.45, 2.75) is 44.3 Å². The van der Waals surface area contributed by atoms with Crippen molar-refractivity contribution in [2.24, 2.45) is 5.92 Å². The van der Waals surface area contributed by atoms with Gasteiger partial charge in [-0.05, 0) is 68.0 Å². The van der Waals surface area contributed by atoms with E-state index >= 15 is 0 Å². The van der Waals surface area contributed by atoms with E-state index in [2.05, 4.69) is 15.3 Å². The van der Waals surface area contributed by atoms with Crippen LogP contribution in [0.4, 0.5) is 17.6 Å². The van der Waals surface area contributed by atoms with E-state index in [-0.39, 0.29) is 23.0 Å². The fourth-order valence-electron chi connectivity index (χ4n) is 4.09. The number of methoxy groups -OCH3 is 1. The number of aromatic nitrogens is 2. The number of nitrogens with one attached hydrogen (secondary N) is 2. The zero-order valence-corrected chi connectivity index (χ0v) is 19.9. The molecule has 6 nitrogen and oxygen atoms in total. The molecule has 3 aromatic rings. The highest BCUT2D eigenvalue weighted by Gasteiger charge is 2.37. The standard InChI is InChI=1S/C26H25F4N3O3/c1-25(2,16-7-9-17(36-3)10-8-16)24-31-20(13-21(34)32-24)23(35)33-22(14-4-5-14)15-6-11-18(19(27)12-15)26(28,29)30/h6-14,22H,4-5H2,1-3H3,(H,33,35)(H,31,32,34). The SMILES string of the molecule is COc1ccc(C(C)(C)c2nc(C(=O)NC(c3ccc(C(F)(F)F)c(F)c3)C3CC3)cc(=O)[nH]2)cc1. The van der Waals surface area contributed by atoms with Gasteiger partial charge in [0.2, 0.25) is 0 Å². The Hall–Kier alpha value is -3.69. The predicted octanol–water partition coefficient (Wildman–Crippen LogP) is 5.14. The third kappa shape index (κ3) is 5.27. The Bertz CT molecular complexity index is 1330. The van der Waals surface area contributed by atoms with Crippen molar-refractivity contribution in [1.82, 2.24) is 15.3 Å². The highest BCUT2D eigenvalue weighted by atomic mass is 19.4. The minimum atomic E-state index is -4.82. The lowest BCUT2D eigenvalue weighted by atomic mass is 9.83. The molecular formula is C26H25F4N3O3. The van der Waals surface area contributed by atoms with Crippen LogP contribution >= 0.6 is 0 Å². The van der Waals surface area contributed by atoms with Crippen LogP contribution in [0.5, 0.6) is 5.75 Å². The van der Waals surface area contributed by atoms with E-state index in [1.54, 1.807) is 19.2 Å². The molecule has 1 fully saturated rings. The second kappa shape index (κ2) is 9.40. The topological polar surface area (TPSA) is 84.1 Å². The minimum absolute atomic E-state index is 0.0534. The predicted molar refractivity (Wildman–Crippen MR) is 124 cm³/mol. The minimum Gasteiger partial charge on any atom is -0.497 e. The molecule has 0 saturated heterocycles. The molecule has 0 aliphatic heterocycles. The second-order valence-electron chi connectivity index (χ2n) is 9.36. The number of carbonyl (C=O) groups excluding carboxylic acids is 1. The molecule has 0 radical (unpaired) electrons. The molecule has 1 unspecified atom stereocenters. The lowest BCUT2D eigenvalue weighted by molar-refractivity contribution is -0.140. The van der Waals surface area contributed by atoms with Gasteiger partial charge in [-0.2, -0.15) is 13.2 Å². The van der Waals surface area contributed by atoms with Crippen LogP contribution in [0.1, 0.15) is 65.7 Å². The number of nitrogens with zero attached hydrogens (tertiary/aromatic N) is 1.